The minimum atomic E-state index is -0.516. The van der Waals surface area contributed by atoms with E-state index in [1.165, 1.54) is 30.5 Å². The fourth-order valence-electron chi connectivity index (χ4n) is 2.66. The molecule has 1 aromatic rings. The maximum Gasteiger partial charge on any atom is 0.133 e. The fraction of sp³-hybridized carbons (Fsp3) is 0.500. The van der Waals surface area contributed by atoms with Crippen molar-refractivity contribution in [1.82, 2.24) is 0 Å². The Morgan fingerprint density at radius 1 is 1.17 bits per heavy atom. The minimum Gasteiger partial charge on any atom is -0.207 e. The van der Waals surface area contributed by atoms with E-state index in [-0.39, 0.29) is 0 Å². The zero-order valence-corrected chi connectivity index (χ0v) is 11.0. The third-order valence-corrected chi connectivity index (χ3v) is 3.94. The maximum atomic E-state index is 13.5. The Morgan fingerprint density at radius 3 is 2.39 bits per heavy atom. The second-order valence-electron chi connectivity index (χ2n) is 5.55. The molecule has 0 heterocycles. The van der Waals surface area contributed by atoms with Crippen LogP contribution in [0.5, 0.6) is 0 Å². The molecule has 0 amide bonds. The van der Waals surface area contributed by atoms with Gasteiger partial charge >= 0.3 is 0 Å². The molecule has 2 heteroatoms. The fourth-order valence-corrected chi connectivity index (χ4v) is 2.66. The highest BCUT2D eigenvalue weighted by atomic mass is 19.1. The summed E-state index contributed by atoms with van der Waals surface area (Å²) in [6, 6.07) is 3.79. The van der Waals surface area contributed by atoms with Crippen molar-refractivity contribution in [3.63, 3.8) is 0 Å². The van der Waals surface area contributed by atoms with Gasteiger partial charge in [-0.15, -0.1) is 0 Å². The Kier molecular flexibility index (Phi) is 4.15. The third kappa shape index (κ3) is 3.18. The number of halogens is 2. The highest BCUT2D eigenvalue weighted by Crippen LogP contribution is 2.33. The van der Waals surface area contributed by atoms with Crippen molar-refractivity contribution in [3.05, 3.63) is 41.0 Å². The Balaban J connectivity index is 2.06. The lowest BCUT2D eigenvalue weighted by atomic mass is 9.79. The summed E-state index contributed by atoms with van der Waals surface area (Å²) in [5.41, 5.74) is 1.80. The van der Waals surface area contributed by atoms with E-state index < -0.39 is 11.6 Å². The summed E-state index contributed by atoms with van der Waals surface area (Å²) >= 11 is 0. The van der Waals surface area contributed by atoms with Crippen LogP contribution in [0.25, 0.3) is 6.08 Å². The molecule has 98 valence electrons. The molecule has 0 unspecified atom stereocenters. The van der Waals surface area contributed by atoms with Gasteiger partial charge < -0.3 is 0 Å². The second-order valence-corrected chi connectivity index (χ2v) is 5.55. The summed E-state index contributed by atoms with van der Waals surface area (Å²) in [6.45, 7) is 4.53. The standard InChI is InChI=1S/C16H20F2/c1-11(2)13-5-3-12(4-6-13)9-14-7-8-15(17)10-16(14)18/h7-11,13H,3-6H2,1-2H3. The predicted molar refractivity (Wildman–Crippen MR) is 71.1 cm³/mol. The highest BCUT2D eigenvalue weighted by Gasteiger charge is 2.19. The molecule has 0 saturated heterocycles. The summed E-state index contributed by atoms with van der Waals surface area (Å²) in [4.78, 5) is 0. The van der Waals surface area contributed by atoms with Crippen LogP contribution in [-0.2, 0) is 0 Å². The first-order valence-corrected chi connectivity index (χ1v) is 6.70. The average molecular weight is 250 g/mol. The van der Waals surface area contributed by atoms with Crippen molar-refractivity contribution >= 4 is 6.08 Å². The van der Waals surface area contributed by atoms with E-state index in [0.29, 0.717) is 5.56 Å². The topological polar surface area (TPSA) is 0 Å². The molecule has 0 aliphatic heterocycles. The normalized spacial score (nSPS) is 20.3. The highest BCUT2D eigenvalue weighted by molar-refractivity contribution is 5.53. The molecule has 0 N–H and O–H groups in total. The minimum absolute atomic E-state index is 0.464. The van der Waals surface area contributed by atoms with Crippen LogP contribution in [0.1, 0.15) is 45.1 Å². The van der Waals surface area contributed by atoms with Gasteiger partial charge in [0, 0.05) is 11.6 Å². The molecule has 1 aromatic carbocycles. The van der Waals surface area contributed by atoms with Crippen molar-refractivity contribution < 1.29 is 8.78 Å². The van der Waals surface area contributed by atoms with Crippen molar-refractivity contribution in [2.75, 3.05) is 0 Å². The Bertz CT molecular complexity index is 436. The molecule has 1 aliphatic rings. The van der Waals surface area contributed by atoms with E-state index in [1.54, 1.807) is 0 Å². The van der Waals surface area contributed by atoms with Gasteiger partial charge in [-0.25, -0.2) is 8.78 Å². The monoisotopic (exact) mass is 250 g/mol. The second kappa shape index (κ2) is 5.64. The van der Waals surface area contributed by atoms with E-state index in [1.807, 2.05) is 6.08 Å². The quantitative estimate of drug-likeness (QED) is 0.677. The van der Waals surface area contributed by atoms with Crippen molar-refractivity contribution in [1.29, 1.82) is 0 Å². The Morgan fingerprint density at radius 2 is 1.83 bits per heavy atom. The van der Waals surface area contributed by atoms with Gasteiger partial charge in [0.1, 0.15) is 11.6 Å². The first kappa shape index (κ1) is 13.3. The number of hydrogen-bond donors (Lipinski definition) is 0. The van der Waals surface area contributed by atoms with Crippen LogP contribution in [-0.4, -0.2) is 0 Å². The number of rotatable bonds is 2. The third-order valence-electron chi connectivity index (χ3n) is 3.94. The summed E-state index contributed by atoms with van der Waals surface area (Å²) < 4.78 is 26.3. The van der Waals surface area contributed by atoms with Gasteiger partial charge in [0.25, 0.3) is 0 Å². The van der Waals surface area contributed by atoms with Crippen LogP contribution < -0.4 is 0 Å². The zero-order valence-electron chi connectivity index (χ0n) is 11.0. The van der Waals surface area contributed by atoms with Gasteiger partial charge in [0.2, 0.25) is 0 Å². The molecule has 1 aliphatic carbocycles. The molecule has 0 radical (unpaired) electrons. The van der Waals surface area contributed by atoms with E-state index in [2.05, 4.69) is 13.8 Å². The molecule has 0 nitrogen and oxygen atoms in total. The molecule has 18 heavy (non-hydrogen) atoms. The summed E-state index contributed by atoms with van der Waals surface area (Å²) in [7, 11) is 0. The SMILES string of the molecule is CC(C)C1CCC(=Cc2ccc(F)cc2F)CC1. The van der Waals surface area contributed by atoms with Crippen LogP contribution in [0.15, 0.2) is 23.8 Å². The molecule has 1 fully saturated rings. The lowest BCUT2D eigenvalue weighted by Gasteiger charge is -2.27. The largest absolute Gasteiger partial charge is 0.207 e. The van der Waals surface area contributed by atoms with E-state index in [4.69, 9.17) is 0 Å². The van der Waals surface area contributed by atoms with Gasteiger partial charge in [-0.05, 0) is 49.7 Å². The van der Waals surface area contributed by atoms with Gasteiger partial charge in [0.15, 0.2) is 0 Å². The van der Waals surface area contributed by atoms with Crippen molar-refractivity contribution in [2.24, 2.45) is 11.8 Å². The molecule has 0 atom stereocenters. The molecule has 2 rings (SSSR count). The van der Waals surface area contributed by atoms with Crippen LogP contribution in [0.2, 0.25) is 0 Å². The predicted octanol–water partition coefficient (Wildman–Crippen LogP) is 5.19. The Labute approximate surface area is 108 Å². The van der Waals surface area contributed by atoms with Crippen molar-refractivity contribution in [2.45, 2.75) is 39.5 Å². The smallest absolute Gasteiger partial charge is 0.133 e. The molecule has 0 spiro atoms. The lowest BCUT2D eigenvalue weighted by molar-refractivity contribution is 0.312. The number of benzene rings is 1. The summed E-state index contributed by atoms with van der Waals surface area (Å²) in [5, 5.41) is 0. The van der Waals surface area contributed by atoms with E-state index in [9.17, 15) is 8.78 Å². The number of hydrogen-bond acceptors (Lipinski definition) is 0. The molecule has 1 saturated carbocycles. The molecule has 0 aromatic heterocycles. The number of allylic oxidation sites excluding steroid dienone is 1. The maximum absolute atomic E-state index is 13.5. The van der Waals surface area contributed by atoms with Gasteiger partial charge in [-0.2, -0.15) is 0 Å². The van der Waals surface area contributed by atoms with Crippen LogP contribution in [0, 0.1) is 23.5 Å². The summed E-state index contributed by atoms with van der Waals surface area (Å²) in [5.74, 6) is 0.543. The van der Waals surface area contributed by atoms with E-state index >= 15 is 0 Å². The molecule has 0 bridgehead atoms. The lowest BCUT2D eigenvalue weighted by Crippen LogP contribution is -2.13. The van der Waals surface area contributed by atoms with Gasteiger partial charge in [-0.3, -0.25) is 0 Å². The zero-order chi connectivity index (χ0) is 13.1. The van der Waals surface area contributed by atoms with Gasteiger partial charge in [-0.1, -0.05) is 25.5 Å². The average Bonchev–Trinajstić information content (AvgIpc) is 2.33. The van der Waals surface area contributed by atoms with Crippen LogP contribution >= 0.6 is 0 Å². The molecular weight excluding hydrogens is 230 g/mol. The van der Waals surface area contributed by atoms with Crippen LogP contribution in [0.3, 0.4) is 0 Å². The summed E-state index contributed by atoms with van der Waals surface area (Å²) in [6.07, 6.45) is 6.35. The Hall–Kier alpha value is -1.18. The first-order valence-electron chi connectivity index (χ1n) is 6.70. The first-order chi connectivity index (χ1) is 8.56. The molecular formula is C16H20F2. The van der Waals surface area contributed by atoms with Crippen LogP contribution in [0.4, 0.5) is 8.78 Å². The van der Waals surface area contributed by atoms with E-state index in [0.717, 1.165) is 30.7 Å². The van der Waals surface area contributed by atoms with Crippen molar-refractivity contribution in [3.8, 4) is 0 Å². The van der Waals surface area contributed by atoms with Gasteiger partial charge in [0.05, 0.1) is 0 Å².